The van der Waals surface area contributed by atoms with E-state index in [0.29, 0.717) is 19.4 Å². The van der Waals surface area contributed by atoms with Gasteiger partial charge in [-0.15, -0.1) is 0 Å². The summed E-state index contributed by atoms with van der Waals surface area (Å²) in [7, 11) is 0. The van der Waals surface area contributed by atoms with Crippen molar-refractivity contribution >= 4 is 17.8 Å². The molecule has 2 rings (SSSR count). The van der Waals surface area contributed by atoms with Gasteiger partial charge >= 0.3 is 11.9 Å². The van der Waals surface area contributed by atoms with E-state index in [0.717, 1.165) is 12.0 Å². The molecule has 1 saturated heterocycles. The van der Waals surface area contributed by atoms with Gasteiger partial charge < -0.3 is 14.4 Å². The average molecular weight is 375 g/mol. The maximum Gasteiger partial charge on any atom is 0.329 e. The SMILES string of the molecule is CCCC(=O)O[C@H](C(=O)N1CCCC1C(=O)OCc1ccccc1)C(C)C. The molecule has 0 spiro atoms. The fourth-order valence-electron chi connectivity index (χ4n) is 3.14. The summed E-state index contributed by atoms with van der Waals surface area (Å²) in [5.41, 5.74) is 0.898. The first-order valence-corrected chi connectivity index (χ1v) is 9.64. The minimum atomic E-state index is -0.869. The number of amides is 1. The Morgan fingerprint density at radius 1 is 1.19 bits per heavy atom. The molecule has 27 heavy (non-hydrogen) atoms. The van der Waals surface area contributed by atoms with Crippen LogP contribution in [0, 0.1) is 5.92 Å². The van der Waals surface area contributed by atoms with Crippen molar-refractivity contribution in [3.05, 3.63) is 35.9 Å². The molecule has 2 atom stereocenters. The molecule has 1 heterocycles. The Kier molecular flexibility index (Phi) is 7.82. The van der Waals surface area contributed by atoms with Crippen molar-refractivity contribution in [3.63, 3.8) is 0 Å². The van der Waals surface area contributed by atoms with Gasteiger partial charge in [0.2, 0.25) is 0 Å². The number of hydrogen-bond acceptors (Lipinski definition) is 5. The summed E-state index contributed by atoms with van der Waals surface area (Å²) in [4.78, 5) is 38.9. The zero-order valence-electron chi connectivity index (χ0n) is 16.3. The summed E-state index contributed by atoms with van der Waals surface area (Å²) in [6.45, 7) is 6.20. The molecule has 148 valence electrons. The second-order valence-corrected chi connectivity index (χ2v) is 7.19. The van der Waals surface area contributed by atoms with Crippen molar-refractivity contribution in [2.45, 2.75) is 65.2 Å². The van der Waals surface area contributed by atoms with Crippen LogP contribution in [0.5, 0.6) is 0 Å². The van der Waals surface area contributed by atoms with Gasteiger partial charge in [-0.05, 0) is 30.7 Å². The largest absolute Gasteiger partial charge is 0.459 e. The molecule has 1 aromatic carbocycles. The fourth-order valence-corrected chi connectivity index (χ4v) is 3.14. The van der Waals surface area contributed by atoms with E-state index in [1.807, 2.05) is 51.1 Å². The van der Waals surface area contributed by atoms with Crippen molar-refractivity contribution in [2.24, 2.45) is 5.92 Å². The molecule has 0 radical (unpaired) electrons. The van der Waals surface area contributed by atoms with Crippen LogP contribution in [-0.2, 0) is 30.5 Å². The Morgan fingerprint density at radius 2 is 1.89 bits per heavy atom. The maximum absolute atomic E-state index is 13.0. The van der Waals surface area contributed by atoms with Gasteiger partial charge in [-0.25, -0.2) is 4.79 Å². The lowest BCUT2D eigenvalue weighted by Crippen LogP contribution is -2.48. The van der Waals surface area contributed by atoms with Crippen LogP contribution in [0.15, 0.2) is 30.3 Å². The van der Waals surface area contributed by atoms with E-state index >= 15 is 0 Å². The molecule has 1 amide bonds. The number of benzene rings is 1. The Bertz CT molecular complexity index is 643. The average Bonchev–Trinajstić information content (AvgIpc) is 3.14. The first-order valence-electron chi connectivity index (χ1n) is 9.64. The highest BCUT2D eigenvalue weighted by molar-refractivity contribution is 5.89. The van der Waals surface area contributed by atoms with Crippen LogP contribution in [0.3, 0.4) is 0 Å². The Balaban J connectivity index is 2.00. The molecule has 0 aliphatic carbocycles. The molecule has 1 aliphatic rings. The molecule has 6 nitrogen and oxygen atoms in total. The number of ether oxygens (including phenoxy) is 2. The number of hydrogen-bond donors (Lipinski definition) is 0. The minimum absolute atomic E-state index is 0.167. The number of rotatable bonds is 8. The lowest BCUT2D eigenvalue weighted by molar-refractivity contribution is -0.167. The normalized spacial score (nSPS) is 17.6. The highest BCUT2D eigenvalue weighted by Gasteiger charge is 2.40. The molecule has 6 heteroatoms. The summed E-state index contributed by atoms with van der Waals surface area (Å²) in [5.74, 6) is -1.27. The third kappa shape index (κ3) is 5.81. The first-order chi connectivity index (χ1) is 12.9. The van der Waals surface area contributed by atoms with Gasteiger partial charge in [0.15, 0.2) is 6.10 Å². The molecular formula is C21H29NO5. The zero-order valence-corrected chi connectivity index (χ0v) is 16.3. The maximum atomic E-state index is 13.0. The summed E-state index contributed by atoms with van der Waals surface area (Å²) in [6.07, 6.45) is 1.36. The van der Waals surface area contributed by atoms with Crippen LogP contribution < -0.4 is 0 Å². The van der Waals surface area contributed by atoms with Crippen LogP contribution in [0.25, 0.3) is 0 Å². The molecule has 0 bridgehead atoms. The van der Waals surface area contributed by atoms with Crippen LogP contribution in [0.2, 0.25) is 0 Å². The second kappa shape index (κ2) is 10.1. The predicted molar refractivity (Wildman–Crippen MR) is 101 cm³/mol. The van der Waals surface area contributed by atoms with Crippen LogP contribution >= 0.6 is 0 Å². The Morgan fingerprint density at radius 3 is 2.52 bits per heavy atom. The summed E-state index contributed by atoms with van der Waals surface area (Å²) < 4.78 is 10.8. The van der Waals surface area contributed by atoms with E-state index in [-0.39, 0.29) is 30.8 Å². The van der Waals surface area contributed by atoms with Crippen molar-refractivity contribution in [1.82, 2.24) is 4.90 Å². The fraction of sp³-hybridized carbons (Fsp3) is 0.571. The van der Waals surface area contributed by atoms with Crippen LogP contribution in [0.1, 0.15) is 52.0 Å². The summed E-state index contributed by atoms with van der Waals surface area (Å²) in [5, 5.41) is 0. The highest BCUT2D eigenvalue weighted by Crippen LogP contribution is 2.23. The predicted octanol–water partition coefficient (Wildman–Crippen LogP) is 3.09. The van der Waals surface area contributed by atoms with Crippen molar-refractivity contribution in [1.29, 1.82) is 0 Å². The van der Waals surface area contributed by atoms with Gasteiger partial charge in [-0.1, -0.05) is 51.1 Å². The molecule has 0 N–H and O–H groups in total. The molecule has 1 aliphatic heterocycles. The molecule has 0 saturated carbocycles. The van der Waals surface area contributed by atoms with E-state index in [2.05, 4.69) is 0 Å². The number of nitrogens with zero attached hydrogens (tertiary/aromatic N) is 1. The molecule has 1 unspecified atom stereocenters. The Hall–Kier alpha value is -2.37. The van der Waals surface area contributed by atoms with Gasteiger partial charge in [-0.2, -0.15) is 0 Å². The van der Waals surface area contributed by atoms with Gasteiger partial charge in [0.05, 0.1) is 0 Å². The van der Waals surface area contributed by atoms with Crippen molar-refractivity contribution < 1.29 is 23.9 Å². The quantitative estimate of drug-likeness (QED) is 0.653. The van der Waals surface area contributed by atoms with Gasteiger partial charge in [-0.3, -0.25) is 9.59 Å². The number of carbonyl (C=O) groups is 3. The lowest BCUT2D eigenvalue weighted by Gasteiger charge is -2.29. The lowest BCUT2D eigenvalue weighted by atomic mass is 10.1. The van der Waals surface area contributed by atoms with Crippen LogP contribution in [-0.4, -0.2) is 41.4 Å². The van der Waals surface area contributed by atoms with Gasteiger partial charge in [0.1, 0.15) is 12.6 Å². The standard InChI is InChI=1S/C21H29NO5/c1-4-9-18(23)27-19(15(2)3)20(24)22-13-8-12-17(22)21(25)26-14-16-10-6-5-7-11-16/h5-7,10-11,15,17,19H,4,8-9,12-14H2,1-3H3/t17?,19-/m0/s1. The summed E-state index contributed by atoms with van der Waals surface area (Å²) >= 11 is 0. The van der Waals surface area contributed by atoms with E-state index in [1.165, 1.54) is 4.90 Å². The van der Waals surface area contributed by atoms with E-state index in [4.69, 9.17) is 9.47 Å². The Labute approximate surface area is 160 Å². The number of likely N-dealkylation sites (tertiary alicyclic amines) is 1. The van der Waals surface area contributed by atoms with E-state index in [9.17, 15) is 14.4 Å². The number of carbonyl (C=O) groups excluding carboxylic acids is 3. The number of esters is 2. The molecular weight excluding hydrogens is 346 g/mol. The topological polar surface area (TPSA) is 72.9 Å². The zero-order chi connectivity index (χ0) is 19.8. The molecule has 1 aromatic rings. The third-order valence-electron chi connectivity index (χ3n) is 4.59. The molecule has 0 aromatic heterocycles. The highest BCUT2D eigenvalue weighted by atomic mass is 16.6. The van der Waals surface area contributed by atoms with Crippen LogP contribution in [0.4, 0.5) is 0 Å². The van der Waals surface area contributed by atoms with Gasteiger partial charge in [0.25, 0.3) is 5.91 Å². The minimum Gasteiger partial charge on any atom is -0.459 e. The van der Waals surface area contributed by atoms with E-state index in [1.54, 1.807) is 0 Å². The van der Waals surface area contributed by atoms with Crippen molar-refractivity contribution in [3.8, 4) is 0 Å². The first kappa shape index (κ1) is 20.9. The van der Waals surface area contributed by atoms with Gasteiger partial charge in [0, 0.05) is 13.0 Å². The molecule has 1 fully saturated rings. The third-order valence-corrected chi connectivity index (χ3v) is 4.59. The second-order valence-electron chi connectivity index (χ2n) is 7.19. The monoisotopic (exact) mass is 375 g/mol. The summed E-state index contributed by atoms with van der Waals surface area (Å²) in [6, 6.07) is 8.81. The smallest absolute Gasteiger partial charge is 0.329 e. The van der Waals surface area contributed by atoms with E-state index < -0.39 is 18.1 Å². The van der Waals surface area contributed by atoms with Crippen molar-refractivity contribution in [2.75, 3.05) is 6.54 Å².